The minimum atomic E-state index is -0.200. The van der Waals surface area contributed by atoms with Crippen molar-refractivity contribution in [3.8, 4) is 0 Å². The van der Waals surface area contributed by atoms with Crippen LogP contribution in [0.4, 0.5) is 4.39 Å². The zero-order valence-corrected chi connectivity index (χ0v) is 9.91. The van der Waals surface area contributed by atoms with E-state index in [9.17, 15) is 4.39 Å². The smallest absolute Gasteiger partial charge is 0.123 e. The van der Waals surface area contributed by atoms with E-state index < -0.39 is 0 Å². The lowest BCUT2D eigenvalue weighted by atomic mass is 10.0. The van der Waals surface area contributed by atoms with Crippen molar-refractivity contribution in [2.24, 2.45) is 5.84 Å². The number of nitrogens with two attached hydrogens (primary N) is 1. The first-order chi connectivity index (χ1) is 7.61. The number of hydrogen-bond donors (Lipinski definition) is 2. The van der Waals surface area contributed by atoms with Crippen LogP contribution in [0.2, 0.25) is 0 Å². The molecule has 0 saturated carbocycles. The maximum absolute atomic E-state index is 12.7. The predicted molar refractivity (Wildman–Crippen MR) is 64.4 cm³/mol. The van der Waals surface area contributed by atoms with Gasteiger partial charge in [0.1, 0.15) is 5.82 Å². The molecule has 1 atom stereocenters. The Kier molecular flexibility index (Phi) is 5.38. The SMILES string of the molecule is CN(C)CCC(Cc1ccc(F)cc1)NN. The Labute approximate surface area is 96.4 Å². The Hall–Kier alpha value is -0.970. The van der Waals surface area contributed by atoms with Crippen molar-refractivity contribution in [3.63, 3.8) is 0 Å². The second-order valence-corrected chi connectivity index (χ2v) is 4.29. The van der Waals surface area contributed by atoms with Gasteiger partial charge in [0.25, 0.3) is 0 Å². The normalized spacial score (nSPS) is 13.1. The van der Waals surface area contributed by atoms with Gasteiger partial charge in [0.05, 0.1) is 0 Å². The summed E-state index contributed by atoms with van der Waals surface area (Å²) in [6.45, 7) is 0.982. The summed E-state index contributed by atoms with van der Waals surface area (Å²) in [5.41, 5.74) is 3.90. The molecule has 0 bridgehead atoms. The summed E-state index contributed by atoms with van der Waals surface area (Å²) in [7, 11) is 4.07. The minimum Gasteiger partial charge on any atom is -0.309 e. The lowest BCUT2D eigenvalue weighted by Gasteiger charge is -2.18. The van der Waals surface area contributed by atoms with Crippen LogP contribution in [-0.2, 0) is 6.42 Å². The second-order valence-electron chi connectivity index (χ2n) is 4.29. The highest BCUT2D eigenvalue weighted by atomic mass is 19.1. The molecule has 1 unspecified atom stereocenters. The number of benzene rings is 1. The van der Waals surface area contributed by atoms with E-state index in [0.717, 1.165) is 24.9 Å². The quantitative estimate of drug-likeness (QED) is 0.564. The van der Waals surface area contributed by atoms with E-state index >= 15 is 0 Å². The Balaban J connectivity index is 2.46. The molecule has 90 valence electrons. The van der Waals surface area contributed by atoms with Gasteiger partial charge < -0.3 is 4.90 Å². The van der Waals surface area contributed by atoms with Crippen LogP contribution in [-0.4, -0.2) is 31.6 Å². The monoisotopic (exact) mass is 225 g/mol. The zero-order valence-electron chi connectivity index (χ0n) is 9.91. The first kappa shape index (κ1) is 13.1. The van der Waals surface area contributed by atoms with Crippen LogP contribution >= 0.6 is 0 Å². The number of nitrogens with one attached hydrogen (secondary N) is 1. The highest BCUT2D eigenvalue weighted by Gasteiger charge is 2.08. The van der Waals surface area contributed by atoms with Crippen LogP contribution in [0, 0.1) is 5.82 Å². The first-order valence-electron chi connectivity index (χ1n) is 5.47. The van der Waals surface area contributed by atoms with Gasteiger partial charge in [-0.3, -0.25) is 11.3 Å². The first-order valence-corrected chi connectivity index (χ1v) is 5.47. The molecule has 0 saturated heterocycles. The molecule has 0 aromatic heterocycles. The Morgan fingerprint density at radius 1 is 1.31 bits per heavy atom. The molecule has 0 aliphatic heterocycles. The van der Waals surface area contributed by atoms with Crippen LogP contribution in [0.15, 0.2) is 24.3 Å². The molecule has 3 N–H and O–H groups in total. The van der Waals surface area contributed by atoms with Gasteiger partial charge in [-0.05, 0) is 51.2 Å². The Bertz CT molecular complexity index is 298. The van der Waals surface area contributed by atoms with Crippen molar-refractivity contribution in [2.45, 2.75) is 18.9 Å². The largest absolute Gasteiger partial charge is 0.309 e. The van der Waals surface area contributed by atoms with Crippen molar-refractivity contribution in [1.29, 1.82) is 0 Å². The van der Waals surface area contributed by atoms with Crippen LogP contribution in [0.1, 0.15) is 12.0 Å². The summed E-state index contributed by atoms with van der Waals surface area (Å²) >= 11 is 0. The van der Waals surface area contributed by atoms with Crippen LogP contribution < -0.4 is 11.3 Å². The molecule has 0 amide bonds. The molecule has 1 aromatic rings. The summed E-state index contributed by atoms with van der Waals surface area (Å²) in [5, 5.41) is 0. The van der Waals surface area contributed by atoms with E-state index in [-0.39, 0.29) is 11.9 Å². The third kappa shape index (κ3) is 4.70. The highest BCUT2D eigenvalue weighted by molar-refractivity contribution is 5.17. The van der Waals surface area contributed by atoms with Gasteiger partial charge in [-0.1, -0.05) is 12.1 Å². The minimum absolute atomic E-state index is 0.200. The van der Waals surface area contributed by atoms with Crippen molar-refractivity contribution in [3.05, 3.63) is 35.6 Å². The van der Waals surface area contributed by atoms with Crippen LogP contribution in [0.5, 0.6) is 0 Å². The number of hydrogen-bond acceptors (Lipinski definition) is 3. The van der Waals surface area contributed by atoms with Crippen molar-refractivity contribution < 1.29 is 4.39 Å². The fourth-order valence-corrected chi connectivity index (χ4v) is 1.56. The van der Waals surface area contributed by atoms with E-state index in [2.05, 4.69) is 10.3 Å². The van der Waals surface area contributed by atoms with Crippen molar-refractivity contribution >= 4 is 0 Å². The van der Waals surface area contributed by atoms with Gasteiger partial charge in [-0.15, -0.1) is 0 Å². The molecule has 0 fully saturated rings. The zero-order chi connectivity index (χ0) is 12.0. The standard InChI is InChI=1S/C12H20FN3/c1-16(2)8-7-12(15-14)9-10-3-5-11(13)6-4-10/h3-6,12,15H,7-9,14H2,1-2H3. The molecule has 0 aliphatic rings. The second kappa shape index (κ2) is 6.58. The highest BCUT2D eigenvalue weighted by Crippen LogP contribution is 2.07. The van der Waals surface area contributed by atoms with Gasteiger partial charge >= 0.3 is 0 Å². The molecular formula is C12H20FN3. The molecule has 1 aromatic carbocycles. The number of nitrogens with zero attached hydrogens (tertiary/aromatic N) is 1. The Morgan fingerprint density at radius 2 is 1.94 bits per heavy atom. The predicted octanol–water partition coefficient (Wildman–Crippen LogP) is 1.15. The molecule has 16 heavy (non-hydrogen) atoms. The fraction of sp³-hybridized carbons (Fsp3) is 0.500. The lowest BCUT2D eigenvalue weighted by molar-refractivity contribution is 0.358. The summed E-state index contributed by atoms with van der Waals surface area (Å²) in [4.78, 5) is 2.12. The van der Waals surface area contributed by atoms with Crippen molar-refractivity contribution in [2.75, 3.05) is 20.6 Å². The summed E-state index contributed by atoms with van der Waals surface area (Å²) in [6.07, 6.45) is 1.80. The average Bonchev–Trinajstić information content (AvgIpc) is 2.26. The molecule has 0 heterocycles. The van der Waals surface area contributed by atoms with Crippen LogP contribution in [0.25, 0.3) is 0 Å². The average molecular weight is 225 g/mol. The maximum atomic E-state index is 12.7. The third-order valence-electron chi connectivity index (χ3n) is 2.56. The molecular weight excluding hydrogens is 205 g/mol. The van der Waals surface area contributed by atoms with E-state index in [0.29, 0.717) is 0 Å². The van der Waals surface area contributed by atoms with Gasteiger partial charge in [0.15, 0.2) is 0 Å². The maximum Gasteiger partial charge on any atom is 0.123 e. The van der Waals surface area contributed by atoms with Gasteiger partial charge in [-0.25, -0.2) is 4.39 Å². The molecule has 0 aliphatic carbocycles. The van der Waals surface area contributed by atoms with E-state index in [4.69, 9.17) is 5.84 Å². The molecule has 4 heteroatoms. The van der Waals surface area contributed by atoms with E-state index in [1.165, 1.54) is 12.1 Å². The summed E-state index contributed by atoms with van der Waals surface area (Å²) in [5.74, 6) is 5.29. The Morgan fingerprint density at radius 3 is 2.44 bits per heavy atom. The van der Waals surface area contributed by atoms with Gasteiger partial charge in [0.2, 0.25) is 0 Å². The summed E-state index contributed by atoms with van der Waals surface area (Å²) in [6, 6.07) is 6.79. The van der Waals surface area contributed by atoms with Crippen LogP contribution in [0.3, 0.4) is 0 Å². The van der Waals surface area contributed by atoms with E-state index in [1.54, 1.807) is 12.1 Å². The third-order valence-corrected chi connectivity index (χ3v) is 2.56. The number of rotatable bonds is 6. The van der Waals surface area contributed by atoms with Crippen molar-refractivity contribution in [1.82, 2.24) is 10.3 Å². The molecule has 0 radical (unpaired) electrons. The van der Waals surface area contributed by atoms with Gasteiger partial charge in [-0.2, -0.15) is 0 Å². The lowest BCUT2D eigenvalue weighted by Crippen LogP contribution is -2.38. The van der Waals surface area contributed by atoms with E-state index in [1.807, 2.05) is 14.1 Å². The van der Waals surface area contributed by atoms with Gasteiger partial charge in [0, 0.05) is 6.04 Å². The number of halogens is 1. The molecule has 0 spiro atoms. The molecule has 3 nitrogen and oxygen atoms in total. The summed E-state index contributed by atoms with van der Waals surface area (Å²) < 4.78 is 12.7. The molecule has 1 rings (SSSR count). The topological polar surface area (TPSA) is 41.3 Å². The fourth-order valence-electron chi connectivity index (χ4n) is 1.56. The number of hydrazine groups is 1.